The van der Waals surface area contributed by atoms with E-state index in [-0.39, 0.29) is 20.8 Å². The third kappa shape index (κ3) is 4.46. The van der Waals surface area contributed by atoms with Crippen molar-refractivity contribution in [2.75, 3.05) is 5.32 Å². The van der Waals surface area contributed by atoms with E-state index in [1.165, 1.54) is 18.2 Å². The summed E-state index contributed by atoms with van der Waals surface area (Å²) in [6.07, 6.45) is -3.16. The van der Waals surface area contributed by atoms with Crippen LogP contribution in [0.3, 0.4) is 0 Å². The fourth-order valence-corrected chi connectivity index (χ4v) is 3.62. The maximum absolute atomic E-state index is 12.5. The molecule has 0 saturated heterocycles. The molecule has 26 heavy (non-hydrogen) atoms. The minimum absolute atomic E-state index is 0.0804. The molecule has 1 heterocycles. The van der Waals surface area contributed by atoms with Gasteiger partial charge < -0.3 is 5.32 Å². The molecule has 0 bridgehead atoms. The van der Waals surface area contributed by atoms with Gasteiger partial charge in [0.05, 0.1) is 15.5 Å². The first kappa shape index (κ1) is 20.0. The highest BCUT2D eigenvalue weighted by Crippen LogP contribution is 2.30. The molecule has 11 heteroatoms. The highest BCUT2D eigenvalue weighted by Gasteiger charge is 2.30. The van der Waals surface area contributed by atoms with E-state index in [9.17, 15) is 21.6 Å². The Kier molecular flexibility index (Phi) is 5.81. The van der Waals surface area contributed by atoms with Crippen LogP contribution in [0.2, 0.25) is 10.0 Å². The number of rotatable bonds is 4. The molecule has 0 spiro atoms. The van der Waals surface area contributed by atoms with Crippen molar-refractivity contribution in [3.63, 3.8) is 0 Å². The molecule has 2 aromatic rings. The van der Waals surface area contributed by atoms with Crippen LogP contribution in [-0.4, -0.2) is 13.4 Å². The lowest BCUT2D eigenvalue weighted by atomic mass is 10.3. The van der Waals surface area contributed by atoms with E-state index in [1.807, 2.05) is 0 Å². The number of nitriles is 1. The number of nitrogens with zero attached hydrogens (tertiary/aromatic N) is 2. The Balaban J connectivity index is 2.31. The molecule has 1 aromatic carbocycles. The quantitative estimate of drug-likeness (QED) is 0.725. The second-order valence-electron chi connectivity index (χ2n) is 4.77. The van der Waals surface area contributed by atoms with E-state index in [0.29, 0.717) is 6.20 Å². The lowest BCUT2D eigenvalue weighted by Gasteiger charge is -2.08. The van der Waals surface area contributed by atoms with E-state index in [2.05, 4.69) is 10.3 Å². The highest BCUT2D eigenvalue weighted by atomic mass is 35.5. The highest BCUT2D eigenvalue weighted by molar-refractivity contribution is 7.95. The molecule has 1 N–H and O–H groups in total. The van der Waals surface area contributed by atoms with Crippen molar-refractivity contribution in [2.24, 2.45) is 0 Å². The summed E-state index contributed by atoms with van der Waals surface area (Å²) in [7, 11) is -4.26. The number of halogens is 5. The first-order valence-corrected chi connectivity index (χ1v) is 8.90. The maximum atomic E-state index is 12.5. The third-order valence-corrected chi connectivity index (χ3v) is 5.41. The van der Waals surface area contributed by atoms with Gasteiger partial charge in [-0.3, -0.25) is 0 Å². The Morgan fingerprint density at radius 2 is 1.92 bits per heavy atom. The zero-order valence-electron chi connectivity index (χ0n) is 12.6. The summed E-state index contributed by atoms with van der Waals surface area (Å²) in [5.74, 6) is -0.0804. The third-order valence-electron chi connectivity index (χ3n) is 3.03. The molecular weight excluding hydrogens is 414 g/mol. The standard InChI is InChI=1S/C15H8Cl2F3N3O2S/c16-10-2-3-13(12(17)5-10)26(24,25)11(6-21)8-23-14-4-1-9(7-22-14)15(18,19)20/h1-5,7-8H,(H,22,23). The number of allylic oxidation sites excluding steroid dienone is 1. The molecule has 5 nitrogen and oxygen atoms in total. The molecule has 2 rings (SSSR count). The molecule has 0 unspecified atom stereocenters. The van der Waals surface area contributed by atoms with Gasteiger partial charge in [-0.05, 0) is 30.3 Å². The zero-order chi connectivity index (χ0) is 19.5. The van der Waals surface area contributed by atoms with E-state index < -0.39 is 26.5 Å². The number of pyridine rings is 1. The van der Waals surface area contributed by atoms with Gasteiger partial charge in [0.2, 0.25) is 9.84 Å². The largest absolute Gasteiger partial charge is 0.417 e. The monoisotopic (exact) mass is 421 g/mol. The number of alkyl halides is 3. The number of nitrogens with one attached hydrogen (secondary N) is 1. The maximum Gasteiger partial charge on any atom is 0.417 e. The number of hydrogen-bond acceptors (Lipinski definition) is 5. The Bertz CT molecular complexity index is 998. The van der Waals surface area contributed by atoms with Crippen molar-refractivity contribution in [3.05, 3.63) is 63.2 Å². The first-order valence-electron chi connectivity index (χ1n) is 6.66. The molecule has 0 saturated carbocycles. The summed E-state index contributed by atoms with van der Waals surface area (Å²) in [6.45, 7) is 0. The van der Waals surface area contributed by atoms with Crippen molar-refractivity contribution in [1.82, 2.24) is 4.98 Å². The molecule has 1 aromatic heterocycles. The van der Waals surface area contributed by atoms with E-state index in [4.69, 9.17) is 28.5 Å². The van der Waals surface area contributed by atoms with Crippen LogP contribution in [0.4, 0.5) is 19.0 Å². The van der Waals surface area contributed by atoms with Crippen molar-refractivity contribution in [3.8, 4) is 6.07 Å². The Morgan fingerprint density at radius 1 is 1.23 bits per heavy atom. The van der Waals surface area contributed by atoms with Crippen molar-refractivity contribution >= 4 is 38.9 Å². The van der Waals surface area contributed by atoms with Gasteiger partial charge in [0.1, 0.15) is 11.9 Å². The fraction of sp³-hybridized carbons (Fsp3) is 0.0667. The van der Waals surface area contributed by atoms with Crippen molar-refractivity contribution in [2.45, 2.75) is 11.1 Å². The van der Waals surface area contributed by atoms with Crippen LogP contribution >= 0.6 is 23.2 Å². The number of benzene rings is 1. The molecule has 0 fully saturated rings. The first-order chi connectivity index (χ1) is 12.1. The average molecular weight is 422 g/mol. The van der Waals surface area contributed by atoms with Gasteiger partial charge in [-0.1, -0.05) is 23.2 Å². The molecule has 0 amide bonds. The van der Waals surface area contributed by atoms with Gasteiger partial charge >= 0.3 is 6.18 Å². The molecule has 136 valence electrons. The average Bonchev–Trinajstić information content (AvgIpc) is 2.54. The van der Waals surface area contributed by atoms with Crippen LogP contribution in [0.25, 0.3) is 0 Å². The van der Waals surface area contributed by atoms with Gasteiger partial charge in [-0.25, -0.2) is 13.4 Å². The van der Waals surface area contributed by atoms with Crippen LogP contribution in [0.1, 0.15) is 5.56 Å². The van der Waals surface area contributed by atoms with Crippen LogP contribution < -0.4 is 5.32 Å². The van der Waals surface area contributed by atoms with Gasteiger partial charge in [0.25, 0.3) is 0 Å². The summed E-state index contributed by atoms with van der Waals surface area (Å²) < 4.78 is 62.4. The minimum atomic E-state index is -4.55. The van der Waals surface area contributed by atoms with Crippen LogP contribution in [0.15, 0.2) is 52.5 Å². The minimum Gasteiger partial charge on any atom is -0.345 e. The molecule has 0 aliphatic carbocycles. The van der Waals surface area contributed by atoms with Gasteiger partial charge in [0.15, 0.2) is 4.91 Å². The normalized spacial score (nSPS) is 12.5. The Hall–Kier alpha value is -2.28. The Morgan fingerprint density at radius 3 is 2.42 bits per heavy atom. The second-order valence-corrected chi connectivity index (χ2v) is 7.50. The van der Waals surface area contributed by atoms with E-state index in [1.54, 1.807) is 0 Å². The molecule has 0 aliphatic heterocycles. The number of hydrogen-bond donors (Lipinski definition) is 1. The lowest BCUT2D eigenvalue weighted by molar-refractivity contribution is -0.137. The fourth-order valence-electron chi connectivity index (χ4n) is 1.77. The van der Waals surface area contributed by atoms with Gasteiger partial charge in [0, 0.05) is 17.4 Å². The van der Waals surface area contributed by atoms with Gasteiger partial charge in [-0.15, -0.1) is 0 Å². The predicted molar refractivity (Wildman–Crippen MR) is 90.2 cm³/mol. The van der Waals surface area contributed by atoms with E-state index in [0.717, 1.165) is 24.4 Å². The molecular formula is C15H8Cl2F3N3O2S. The summed E-state index contributed by atoms with van der Waals surface area (Å²) in [4.78, 5) is 2.47. The number of anilines is 1. The topological polar surface area (TPSA) is 82.8 Å². The van der Waals surface area contributed by atoms with Gasteiger partial charge in [-0.2, -0.15) is 18.4 Å². The second kappa shape index (κ2) is 7.53. The van der Waals surface area contributed by atoms with E-state index >= 15 is 0 Å². The van der Waals surface area contributed by atoms with Crippen molar-refractivity contribution in [1.29, 1.82) is 5.26 Å². The predicted octanol–water partition coefficient (Wildman–Crippen LogP) is 4.66. The lowest BCUT2D eigenvalue weighted by Crippen LogP contribution is -2.08. The molecule has 0 aliphatic rings. The van der Waals surface area contributed by atoms with Crippen LogP contribution in [0.5, 0.6) is 0 Å². The van der Waals surface area contributed by atoms with Crippen molar-refractivity contribution < 1.29 is 21.6 Å². The smallest absolute Gasteiger partial charge is 0.345 e. The number of sulfone groups is 1. The van der Waals surface area contributed by atoms with Crippen LogP contribution in [-0.2, 0) is 16.0 Å². The summed E-state index contributed by atoms with van der Waals surface area (Å²) >= 11 is 11.6. The summed E-state index contributed by atoms with van der Waals surface area (Å²) in [6, 6.07) is 6.90. The van der Waals surface area contributed by atoms with Crippen LogP contribution in [0, 0.1) is 11.3 Å². The molecule has 0 atom stereocenters. The molecule has 0 radical (unpaired) electrons. The SMILES string of the molecule is N#CC(=CNc1ccc(C(F)(F)F)cn1)S(=O)(=O)c1ccc(Cl)cc1Cl. The zero-order valence-corrected chi connectivity index (χ0v) is 14.9. The Labute approximate surface area is 156 Å². The summed E-state index contributed by atoms with van der Waals surface area (Å²) in [5, 5.41) is 11.5. The summed E-state index contributed by atoms with van der Waals surface area (Å²) in [5.41, 5.74) is -0.965. The number of aromatic nitrogens is 1.